The van der Waals surface area contributed by atoms with Crippen molar-refractivity contribution in [2.75, 3.05) is 0 Å². The van der Waals surface area contributed by atoms with E-state index in [9.17, 15) is 4.79 Å². The average molecular weight is 246 g/mol. The van der Waals surface area contributed by atoms with Crippen LogP contribution in [0.2, 0.25) is 0 Å². The molecule has 6 nitrogen and oxygen atoms in total. The summed E-state index contributed by atoms with van der Waals surface area (Å²) >= 11 is 0. The van der Waals surface area contributed by atoms with E-state index in [0.717, 1.165) is 0 Å². The van der Waals surface area contributed by atoms with E-state index in [2.05, 4.69) is 10.3 Å². The fraction of sp³-hybridized carbons (Fsp3) is 0.333. The molecule has 0 fully saturated rings. The van der Waals surface area contributed by atoms with Crippen LogP contribution < -0.4 is 5.32 Å². The summed E-state index contributed by atoms with van der Waals surface area (Å²) in [5, 5.41) is 18.8. The van der Waals surface area contributed by atoms with E-state index in [1.54, 1.807) is 26.8 Å². The monoisotopic (exact) mass is 246 g/mol. The van der Waals surface area contributed by atoms with Crippen LogP contribution in [-0.2, 0) is 4.74 Å². The number of hydrogen-bond acceptors (Lipinski definition) is 5. The molecule has 0 aliphatic carbocycles. The van der Waals surface area contributed by atoms with Crippen LogP contribution in [-0.4, -0.2) is 22.5 Å². The Kier molecular flexibility index (Phi) is 4.00. The van der Waals surface area contributed by atoms with Gasteiger partial charge in [-0.25, -0.2) is 9.78 Å². The first-order valence-corrected chi connectivity index (χ1v) is 5.27. The van der Waals surface area contributed by atoms with Crippen molar-refractivity contribution in [1.29, 1.82) is 10.7 Å². The summed E-state index contributed by atoms with van der Waals surface area (Å²) < 4.78 is 5.01. The van der Waals surface area contributed by atoms with Crippen molar-refractivity contribution in [1.82, 2.24) is 10.3 Å². The van der Waals surface area contributed by atoms with Crippen molar-refractivity contribution in [3.63, 3.8) is 0 Å². The summed E-state index contributed by atoms with van der Waals surface area (Å²) in [5.41, 5.74) is -0.304. The maximum absolute atomic E-state index is 11.5. The summed E-state index contributed by atoms with van der Waals surface area (Å²) in [4.78, 5) is 15.3. The number of carbonyl (C=O) groups excluding carboxylic acids is 1. The molecule has 1 rings (SSSR count). The van der Waals surface area contributed by atoms with Crippen LogP contribution >= 0.6 is 0 Å². The van der Waals surface area contributed by atoms with E-state index in [4.69, 9.17) is 15.4 Å². The van der Waals surface area contributed by atoms with Gasteiger partial charge in [-0.3, -0.25) is 10.7 Å². The topological polar surface area (TPSA) is 98.9 Å². The van der Waals surface area contributed by atoms with Gasteiger partial charge in [-0.05, 0) is 32.9 Å². The molecule has 18 heavy (non-hydrogen) atoms. The van der Waals surface area contributed by atoms with Gasteiger partial charge in [0.1, 0.15) is 17.5 Å². The Hall–Kier alpha value is -2.42. The van der Waals surface area contributed by atoms with Gasteiger partial charge in [-0.15, -0.1) is 0 Å². The van der Waals surface area contributed by atoms with E-state index < -0.39 is 11.7 Å². The second-order valence-corrected chi connectivity index (χ2v) is 4.51. The first-order chi connectivity index (χ1) is 8.33. The standard InChI is InChI=1S/C12H14N4O2/c1-12(2,3)18-11(17)16-10(14)8-5-4-6-15-9(8)7-13/h4-6H,1-3H3,(H2,14,16,17). The zero-order valence-electron chi connectivity index (χ0n) is 10.4. The highest BCUT2D eigenvalue weighted by Gasteiger charge is 2.18. The van der Waals surface area contributed by atoms with Crippen LogP contribution in [0, 0.1) is 16.7 Å². The third-order valence-corrected chi connectivity index (χ3v) is 1.81. The maximum Gasteiger partial charge on any atom is 0.413 e. The van der Waals surface area contributed by atoms with E-state index >= 15 is 0 Å². The van der Waals surface area contributed by atoms with Gasteiger partial charge in [0.2, 0.25) is 0 Å². The lowest BCUT2D eigenvalue weighted by atomic mass is 10.2. The minimum Gasteiger partial charge on any atom is -0.444 e. The number of alkyl carbamates (subject to hydrolysis) is 1. The Labute approximate surface area is 105 Å². The number of carbonyl (C=O) groups is 1. The number of ether oxygens (including phenoxy) is 1. The molecular formula is C12H14N4O2. The molecule has 0 aliphatic rings. The molecule has 1 aromatic rings. The number of aromatic nitrogens is 1. The molecular weight excluding hydrogens is 232 g/mol. The quantitative estimate of drug-likeness (QED) is 0.583. The molecule has 0 saturated heterocycles. The van der Waals surface area contributed by atoms with Crippen molar-refractivity contribution in [2.45, 2.75) is 26.4 Å². The smallest absolute Gasteiger partial charge is 0.413 e. The van der Waals surface area contributed by atoms with Crippen LogP contribution in [0.5, 0.6) is 0 Å². The second-order valence-electron chi connectivity index (χ2n) is 4.51. The largest absolute Gasteiger partial charge is 0.444 e. The molecule has 0 saturated carbocycles. The minimum absolute atomic E-state index is 0.0820. The molecule has 0 aromatic carbocycles. The van der Waals surface area contributed by atoms with Crippen LogP contribution in [0.3, 0.4) is 0 Å². The van der Waals surface area contributed by atoms with Gasteiger partial charge in [0.15, 0.2) is 5.69 Å². The van der Waals surface area contributed by atoms with Crippen LogP contribution in [0.1, 0.15) is 32.0 Å². The first-order valence-electron chi connectivity index (χ1n) is 5.27. The molecule has 0 unspecified atom stereocenters. The predicted molar refractivity (Wildman–Crippen MR) is 65.2 cm³/mol. The third-order valence-electron chi connectivity index (χ3n) is 1.81. The van der Waals surface area contributed by atoms with E-state index in [-0.39, 0.29) is 17.1 Å². The summed E-state index contributed by atoms with van der Waals surface area (Å²) in [7, 11) is 0. The molecule has 0 spiro atoms. The van der Waals surface area contributed by atoms with Crippen molar-refractivity contribution < 1.29 is 9.53 Å². The summed E-state index contributed by atoms with van der Waals surface area (Å²) in [6.45, 7) is 5.17. The van der Waals surface area contributed by atoms with Gasteiger partial charge >= 0.3 is 6.09 Å². The van der Waals surface area contributed by atoms with E-state index in [1.165, 1.54) is 12.3 Å². The average Bonchev–Trinajstić information content (AvgIpc) is 2.26. The Morgan fingerprint density at radius 2 is 2.22 bits per heavy atom. The number of nitriles is 1. The lowest BCUT2D eigenvalue weighted by molar-refractivity contribution is 0.0563. The number of nitrogens with zero attached hydrogens (tertiary/aromatic N) is 2. The molecule has 0 bridgehead atoms. The Bertz CT molecular complexity index is 512. The van der Waals surface area contributed by atoms with Gasteiger partial charge < -0.3 is 4.74 Å². The molecule has 2 N–H and O–H groups in total. The fourth-order valence-corrected chi connectivity index (χ4v) is 1.17. The Morgan fingerprint density at radius 1 is 1.56 bits per heavy atom. The zero-order chi connectivity index (χ0) is 13.8. The highest BCUT2D eigenvalue weighted by molar-refractivity contribution is 6.05. The summed E-state index contributed by atoms with van der Waals surface area (Å²) in [6.07, 6.45) is 0.711. The molecule has 94 valence electrons. The van der Waals surface area contributed by atoms with Crippen LogP contribution in [0.4, 0.5) is 4.79 Å². The third kappa shape index (κ3) is 3.87. The highest BCUT2D eigenvalue weighted by atomic mass is 16.6. The lowest BCUT2D eigenvalue weighted by Gasteiger charge is -2.19. The van der Waals surface area contributed by atoms with Gasteiger partial charge in [-0.1, -0.05) is 0 Å². The molecule has 1 aromatic heterocycles. The molecule has 1 amide bonds. The van der Waals surface area contributed by atoms with Crippen molar-refractivity contribution in [3.8, 4) is 6.07 Å². The number of hydrogen-bond donors (Lipinski definition) is 2. The number of rotatable bonds is 1. The molecule has 0 aliphatic heterocycles. The van der Waals surface area contributed by atoms with Crippen LogP contribution in [0.25, 0.3) is 0 Å². The summed E-state index contributed by atoms with van der Waals surface area (Å²) in [6, 6.07) is 4.97. The SMILES string of the molecule is CC(C)(C)OC(=O)NC(=N)c1cccnc1C#N. The van der Waals surface area contributed by atoms with Gasteiger partial charge in [0.05, 0.1) is 5.56 Å². The molecule has 0 radical (unpaired) electrons. The maximum atomic E-state index is 11.5. The first kappa shape index (κ1) is 13.6. The highest BCUT2D eigenvalue weighted by Crippen LogP contribution is 2.08. The Morgan fingerprint density at radius 3 is 2.78 bits per heavy atom. The molecule has 1 heterocycles. The molecule has 6 heteroatoms. The number of amidine groups is 1. The van der Waals surface area contributed by atoms with Crippen LogP contribution in [0.15, 0.2) is 18.3 Å². The second kappa shape index (κ2) is 5.27. The number of amides is 1. The molecule has 0 atom stereocenters. The normalized spacial score (nSPS) is 10.3. The van der Waals surface area contributed by atoms with E-state index in [1.807, 2.05) is 6.07 Å². The van der Waals surface area contributed by atoms with Crippen molar-refractivity contribution in [3.05, 3.63) is 29.6 Å². The minimum atomic E-state index is -0.736. The number of pyridine rings is 1. The van der Waals surface area contributed by atoms with Gasteiger partial charge in [0, 0.05) is 6.20 Å². The van der Waals surface area contributed by atoms with Gasteiger partial charge in [0.25, 0.3) is 0 Å². The van der Waals surface area contributed by atoms with Crippen molar-refractivity contribution in [2.24, 2.45) is 0 Å². The lowest BCUT2D eigenvalue weighted by Crippen LogP contribution is -2.36. The predicted octanol–water partition coefficient (Wildman–Crippen LogP) is 1.80. The van der Waals surface area contributed by atoms with Crippen molar-refractivity contribution >= 4 is 11.9 Å². The number of nitrogens with one attached hydrogen (secondary N) is 2. The van der Waals surface area contributed by atoms with E-state index in [0.29, 0.717) is 0 Å². The fourth-order valence-electron chi connectivity index (χ4n) is 1.17. The zero-order valence-corrected chi connectivity index (χ0v) is 10.4. The Balaban J connectivity index is 2.78. The summed E-state index contributed by atoms with van der Waals surface area (Å²) in [5.74, 6) is -0.214. The van der Waals surface area contributed by atoms with Gasteiger partial charge in [-0.2, -0.15) is 5.26 Å².